The molecule has 4 rings (SSSR count). The summed E-state index contributed by atoms with van der Waals surface area (Å²) in [5, 5.41) is 27.1. The van der Waals surface area contributed by atoms with Crippen LogP contribution >= 0.6 is 0 Å². The zero-order valence-electron chi connectivity index (χ0n) is 21.6. The highest BCUT2D eigenvalue weighted by Gasteiger charge is 2.44. The van der Waals surface area contributed by atoms with Crippen LogP contribution in [0.1, 0.15) is 39.5 Å². The number of nitrogens with zero attached hydrogens (tertiary/aromatic N) is 5. The van der Waals surface area contributed by atoms with Crippen LogP contribution < -0.4 is 16.4 Å². The topological polar surface area (TPSA) is 164 Å². The first kappa shape index (κ1) is 26.7. The molecule has 0 bridgehead atoms. The number of aliphatic hydroxyl groups is 2. The summed E-state index contributed by atoms with van der Waals surface area (Å²) in [4.78, 5) is 26.7. The van der Waals surface area contributed by atoms with E-state index < -0.39 is 24.5 Å². The van der Waals surface area contributed by atoms with Gasteiger partial charge in [0.1, 0.15) is 30.2 Å². The predicted octanol–water partition coefficient (Wildman–Crippen LogP) is 1.47. The summed E-state index contributed by atoms with van der Waals surface area (Å²) in [7, 11) is 0. The van der Waals surface area contributed by atoms with Crippen molar-refractivity contribution in [2.24, 2.45) is 0 Å². The standard InChI is InChI=1S/C25H36N8O4/c1-5-32(11-10-27-24(36)31-16-8-6-15(7-9-16)25(2,3)4)12-17-19(34)20(35)23(37-17)33-14-30-18-21(26)28-13-29-22(18)33/h6-9,13-14,17,19-20,23,34-35H,5,10-12H2,1-4H3,(H2,26,28,29)(H2,27,31,36). The average Bonchev–Trinajstić information content (AvgIpc) is 3.40. The van der Waals surface area contributed by atoms with E-state index in [1.165, 1.54) is 18.2 Å². The highest BCUT2D eigenvalue weighted by atomic mass is 16.6. The lowest BCUT2D eigenvalue weighted by molar-refractivity contribution is -0.0436. The third-order valence-electron chi connectivity index (χ3n) is 6.61. The fourth-order valence-corrected chi connectivity index (χ4v) is 4.36. The second-order valence-electron chi connectivity index (χ2n) is 10.2. The van der Waals surface area contributed by atoms with Gasteiger partial charge in [-0.1, -0.05) is 39.8 Å². The van der Waals surface area contributed by atoms with Crippen LogP contribution in [-0.2, 0) is 10.2 Å². The van der Waals surface area contributed by atoms with Crippen LogP contribution in [0.2, 0.25) is 0 Å². The number of amides is 2. The van der Waals surface area contributed by atoms with Crippen LogP contribution in [0.15, 0.2) is 36.9 Å². The second-order valence-corrected chi connectivity index (χ2v) is 10.2. The van der Waals surface area contributed by atoms with Crippen molar-refractivity contribution < 1.29 is 19.7 Å². The maximum absolute atomic E-state index is 12.3. The average molecular weight is 513 g/mol. The highest BCUT2D eigenvalue weighted by molar-refractivity contribution is 5.89. The molecular formula is C25H36N8O4. The first-order valence-electron chi connectivity index (χ1n) is 12.4. The van der Waals surface area contributed by atoms with Crippen molar-refractivity contribution in [1.82, 2.24) is 29.7 Å². The number of carbonyl (C=O) groups excluding carboxylic acids is 1. The van der Waals surface area contributed by atoms with Crippen molar-refractivity contribution in [2.45, 2.75) is 57.6 Å². The maximum atomic E-state index is 12.3. The van der Waals surface area contributed by atoms with Gasteiger partial charge in [-0.25, -0.2) is 19.7 Å². The number of likely N-dealkylation sites (N-methyl/N-ethyl adjacent to an activating group) is 1. The lowest BCUT2D eigenvalue weighted by atomic mass is 9.87. The smallest absolute Gasteiger partial charge is 0.319 e. The Hall–Kier alpha value is -3.32. The van der Waals surface area contributed by atoms with E-state index in [4.69, 9.17) is 10.5 Å². The molecule has 4 atom stereocenters. The van der Waals surface area contributed by atoms with Crippen LogP contribution in [0.3, 0.4) is 0 Å². The zero-order valence-corrected chi connectivity index (χ0v) is 21.6. The minimum Gasteiger partial charge on any atom is -0.387 e. The summed E-state index contributed by atoms with van der Waals surface area (Å²) in [5.74, 6) is 0.226. The summed E-state index contributed by atoms with van der Waals surface area (Å²) in [6, 6.07) is 7.52. The van der Waals surface area contributed by atoms with E-state index in [1.54, 1.807) is 4.57 Å². The molecule has 3 aromatic rings. The van der Waals surface area contributed by atoms with Gasteiger partial charge in [0, 0.05) is 25.3 Å². The Bertz CT molecular complexity index is 1210. The molecule has 4 unspecified atom stereocenters. The van der Waals surface area contributed by atoms with E-state index in [9.17, 15) is 15.0 Å². The molecule has 3 heterocycles. The summed E-state index contributed by atoms with van der Waals surface area (Å²) >= 11 is 0. The van der Waals surface area contributed by atoms with Gasteiger partial charge in [-0.05, 0) is 29.7 Å². The minimum atomic E-state index is -1.18. The van der Waals surface area contributed by atoms with E-state index in [0.717, 1.165) is 5.69 Å². The third kappa shape index (κ3) is 5.99. The van der Waals surface area contributed by atoms with Gasteiger partial charge in [-0.2, -0.15) is 0 Å². The molecule has 1 aromatic carbocycles. The number of benzene rings is 1. The van der Waals surface area contributed by atoms with E-state index in [1.807, 2.05) is 36.1 Å². The zero-order chi connectivity index (χ0) is 26.7. The second kappa shape index (κ2) is 11.0. The number of hydrogen-bond donors (Lipinski definition) is 5. The number of rotatable bonds is 8. The molecule has 0 spiro atoms. The molecular weight excluding hydrogens is 476 g/mol. The van der Waals surface area contributed by atoms with Crippen molar-refractivity contribution in [2.75, 3.05) is 37.2 Å². The quantitative estimate of drug-likeness (QED) is 0.301. The fraction of sp³-hybridized carbons (Fsp3) is 0.520. The van der Waals surface area contributed by atoms with Crippen LogP contribution in [0.4, 0.5) is 16.3 Å². The Morgan fingerprint density at radius 2 is 1.89 bits per heavy atom. The third-order valence-corrected chi connectivity index (χ3v) is 6.61. The molecule has 1 aliphatic heterocycles. The Kier molecular flexibility index (Phi) is 7.93. The van der Waals surface area contributed by atoms with Gasteiger partial charge in [0.05, 0.1) is 6.33 Å². The number of imidazole rings is 1. The van der Waals surface area contributed by atoms with Crippen molar-refractivity contribution in [1.29, 1.82) is 0 Å². The van der Waals surface area contributed by atoms with Crippen LogP contribution in [0.25, 0.3) is 11.2 Å². The number of aliphatic hydroxyl groups excluding tert-OH is 2. The highest BCUT2D eigenvalue weighted by Crippen LogP contribution is 2.32. The number of urea groups is 1. The molecule has 1 fully saturated rings. The number of ether oxygens (including phenoxy) is 1. The molecule has 1 aliphatic rings. The molecule has 200 valence electrons. The van der Waals surface area contributed by atoms with Gasteiger partial charge in [-0.15, -0.1) is 0 Å². The summed E-state index contributed by atoms with van der Waals surface area (Å²) < 4.78 is 7.58. The molecule has 2 amide bonds. The normalized spacial score (nSPS) is 22.0. The van der Waals surface area contributed by atoms with Crippen molar-refractivity contribution in [3.8, 4) is 0 Å². The largest absolute Gasteiger partial charge is 0.387 e. The van der Waals surface area contributed by atoms with E-state index >= 15 is 0 Å². The number of aromatic nitrogens is 4. The van der Waals surface area contributed by atoms with Gasteiger partial charge in [0.2, 0.25) is 0 Å². The van der Waals surface area contributed by atoms with Crippen molar-refractivity contribution in [3.05, 3.63) is 42.5 Å². The van der Waals surface area contributed by atoms with Gasteiger partial charge < -0.3 is 31.3 Å². The lowest BCUT2D eigenvalue weighted by Crippen LogP contribution is -2.43. The van der Waals surface area contributed by atoms with E-state index in [0.29, 0.717) is 37.3 Å². The molecule has 0 saturated carbocycles. The molecule has 1 saturated heterocycles. The van der Waals surface area contributed by atoms with Gasteiger partial charge in [0.25, 0.3) is 0 Å². The van der Waals surface area contributed by atoms with Crippen LogP contribution in [-0.4, -0.2) is 85.2 Å². The van der Waals surface area contributed by atoms with Crippen LogP contribution in [0.5, 0.6) is 0 Å². The molecule has 2 aromatic heterocycles. The Balaban J connectivity index is 1.29. The molecule has 12 heteroatoms. The number of nitrogens with two attached hydrogens (primary N) is 1. The number of hydrogen-bond acceptors (Lipinski definition) is 9. The SMILES string of the molecule is CCN(CCNC(=O)Nc1ccc(C(C)(C)C)cc1)CC1OC(n2cnc3c(N)ncnc32)C(O)C1O. The molecule has 37 heavy (non-hydrogen) atoms. The minimum absolute atomic E-state index is 0.0476. The number of carbonyl (C=O) groups is 1. The van der Waals surface area contributed by atoms with Crippen LogP contribution in [0, 0.1) is 0 Å². The summed E-state index contributed by atoms with van der Waals surface area (Å²) in [6.07, 6.45) is -1.02. The van der Waals surface area contributed by atoms with Crippen molar-refractivity contribution in [3.63, 3.8) is 0 Å². The van der Waals surface area contributed by atoms with Gasteiger partial charge in [-0.3, -0.25) is 9.47 Å². The lowest BCUT2D eigenvalue weighted by Gasteiger charge is -2.25. The Labute approximate surface area is 215 Å². The Morgan fingerprint density at radius 1 is 1.16 bits per heavy atom. The first-order valence-corrected chi connectivity index (χ1v) is 12.4. The number of anilines is 2. The number of nitrogen functional groups attached to an aromatic ring is 1. The maximum Gasteiger partial charge on any atom is 0.319 e. The molecule has 12 nitrogen and oxygen atoms in total. The van der Waals surface area contributed by atoms with Crippen molar-refractivity contribution >= 4 is 28.7 Å². The molecule has 6 N–H and O–H groups in total. The molecule has 0 aliphatic carbocycles. The number of fused-ring (bicyclic) bond motifs is 1. The van der Waals surface area contributed by atoms with E-state index in [2.05, 4.69) is 46.4 Å². The van der Waals surface area contributed by atoms with Gasteiger partial charge >= 0.3 is 6.03 Å². The monoisotopic (exact) mass is 512 g/mol. The summed E-state index contributed by atoms with van der Waals surface area (Å²) in [6.45, 7) is 10.4. The van der Waals surface area contributed by atoms with Gasteiger partial charge in [0.15, 0.2) is 17.7 Å². The Morgan fingerprint density at radius 3 is 2.57 bits per heavy atom. The van der Waals surface area contributed by atoms with E-state index in [-0.39, 0.29) is 17.3 Å². The first-order chi connectivity index (χ1) is 17.6. The number of nitrogens with one attached hydrogen (secondary N) is 2. The molecule has 0 radical (unpaired) electrons. The predicted molar refractivity (Wildman–Crippen MR) is 140 cm³/mol. The summed E-state index contributed by atoms with van der Waals surface area (Å²) in [5.41, 5.74) is 8.64. The fourth-order valence-electron chi connectivity index (χ4n) is 4.36.